The molecule has 0 spiro atoms. The van der Waals surface area contributed by atoms with Gasteiger partial charge in [0.1, 0.15) is 0 Å². The molecule has 0 unspecified atom stereocenters. The van der Waals surface area contributed by atoms with Crippen molar-refractivity contribution >= 4 is 17.5 Å². The van der Waals surface area contributed by atoms with Crippen molar-refractivity contribution in [3.8, 4) is 5.69 Å². The Hall–Kier alpha value is -3.41. The van der Waals surface area contributed by atoms with Gasteiger partial charge in [0.15, 0.2) is 5.69 Å². The van der Waals surface area contributed by atoms with E-state index < -0.39 is 0 Å². The quantitative estimate of drug-likeness (QED) is 0.638. The summed E-state index contributed by atoms with van der Waals surface area (Å²) in [5, 5.41) is 10.2. The van der Waals surface area contributed by atoms with E-state index in [1.807, 2.05) is 75.4 Å². The lowest BCUT2D eigenvalue weighted by Gasteiger charge is -2.09. The Morgan fingerprint density at radius 3 is 2.52 bits per heavy atom. The van der Waals surface area contributed by atoms with E-state index in [-0.39, 0.29) is 11.8 Å². The van der Waals surface area contributed by atoms with Crippen LogP contribution in [0.4, 0.5) is 5.69 Å². The van der Waals surface area contributed by atoms with Crippen molar-refractivity contribution in [2.24, 2.45) is 5.92 Å². The maximum atomic E-state index is 12.5. The zero-order chi connectivity index (χ0) is 20.8. The number of nitrogens with one attached hydrogen (secondary N) is 2. The molecule has 29 heavy (non-hydrogen) atoms. The Labute approximate surface area is 170 Å². The molecule has 0 atom stereocenters. The van der Waals surface area contributed by atoms with E-state index >= 15 is 0 Å². The van der Waals surface area contributed by atoms with E-state index in [9.17, 15) is 9.59 Å². The maximum absolute atomic E-state index is 12.5. The Morgan fingerprint density at radius 1 is 1.03 bits per heavy atom. The highest BCUT2D eigenvalue weighted by molar-refractivity contribution is 5.92. The lowest BCUT2D eigenvalue weighted by Crippen LogP contribution is -2.23. The molecule has 150 valence electrons. The second kappa shape index (κ2) is 9.19. The molecule has 0 aliphatic heterocycles. The van der Waals surface area contributed by atoms with Gasteiger partial charge in [-0.25, -0.2) is 4.68 Å². The van der Waals surface area contributed by atoms with Gasteiger partial charge in [0, 0.05) is 24.3 Å². The number of hydrogen-bond donors (Lipinski definition) is 2. The first kappa shape index (κ1) is 20.3. The van der Waals surface area contributed by atoms with Gasteiger partial charge >= 0.3 is 0 Å². The molecular weight excluding hydrogens is 364 g/mol. The topological polar surface area (TPSA) is 76.0 Å². The monoisotopic (exact) mass is 390 g/mol. The van der Waals surface area contributed by atoms with Crippen molar-refractivity contribution in [1.82, 2.24) is 15.1 Å². The van der Waals surface area contributed by atoms with Crippen LogP contribution in [0.2, 0.25) is 0 Å². The summed E-state index contributed by atoms with van der Waals surface area (Å²) in [4.78, 5) is 24.5. The van der Waals surface area contributed by atoms with Gasteiger partial charge < -0.3 is 10.6 Å². The molecule has 0 saturated heterocycles. The van der Waals surface area contributed by atoms with E-state index in [0.29, 0.717) is 24.6 Å². The molecule has 0 aliphatic rings. The molecule has 2 N–H and O–H groups in total. The third kappa shape index (κ3) is 5.54. The second-order valence-corrected chi connectivity index (χ2v) is 7.45. The average Bonchev–Trinajstić information content (AvgIpc) is 3.08. The molecule has 0 bridgehead atoms. The first-order valence-electron chi connectivity index (χ1n) is 9.71. The summed E-state index contributed by atoms with van der Waals surface area (Å²) in [7, 11) is 0. The maximum Gasteiger partial charge on any atom is 0.272 e. The Kier molecular flexibility index (Phi) is 6.44. The van der Waals surface area contributed by atoms with Gasteiger partial charge in [-0.2, -0.15) is 5.10 Å². The van der Waals surface area contributed by atoms with E-state index in [2.05, 4.69) is 15.7 Å². The largest absolute Gasteiger partial charge is 0.347 e. The highest BCUT2D eigenvalue weighted by Gasteiger charge is 2.13. The number of aryl methyl sites for hydroxylation is 1. The number of amides is 2. The van der Waals surface area contributed by atoms with Crippen molar-refractivity contribution in [2.45, 2.75) is 33.7 Å². The van der Waals surface area contributed by atoms with Crippen molar-refractivity contribution in [1.29, 1.82) is 0 Å². The zero-order valence-corrected chi connectivity index (χ0v) is 17.0. The lowest BCUT2D eigenvalue weighted by atomic mass is 10.1. The number of hydrogen-bond acceptors (Lipinski definition) is 3. The van der Waals surface area contributed by atoms with Crippen LogP contribution in [0.3, 0.4) is 0 Å². The SMILES string of the molecule is Cc1cc(C(=O)NCc2cccc(NC(=O)CC(C)C)c2)nn1-c1ccccc1. The number of rotatable bonds is 7. The Morgan fingerprint density at radius 2 is 1.79 bits per heavy atom. The van der Waals surface area contributed by atoms with Crippen molar-refractivity contribution < 1.29 is 9.59 Å². The highest BCUT2D eigenvalue weighted by Crippen LogP contribution is 2.14. The number of aromatic nitrogens is 2. The number of carbonyl (C=O) groups is 2. The predicted molar refractivity (Wildman–Crippen MR) is 114 cm³/mol. The fraction of sp³-hybridized carbons (Fsp3) is 0.261. The number of carbonyl (C=O) groups excluding carboxylic acids is 2. The molecule has 2 aromatic carbocycles. The number of nitrogens with zero attached hydrogens (tertiary/aromatic N) is 2. The minimum Gasteiger partial charge on any atom is -0.347 e. The minimum absolute atomic E-state index is 0.0110. The van der Waals surface area contributed by atoms with Gasteiger partial charge in [-0.1, -0.05) is 44.2 Å². The van der Waals surface area contributed by atoms with Crippen LogP contribution in [-0.4, -0.2) is 21.6 Å². The van der Waals surface area contributed by atoms with Gasteiger partial charge in [0.25, 0.3) is 5.91 Å². The summed E-state index contributed by atoms with van der Waals surface area (Å²) in [6.07, 6.45) is 0.477. The van der Waals surface area contributed by atoms with Crippen LogP contribution >= 0.6 is 0 Å². The summed E-state index contributed by atoms with van der Waals surface area (Å²) in [5.74, 6) is 0.0526. The summed E-state index contributed by atoms with van der Waals surface area (Å²) >= 11 is 0. The van der Waals surface area contributed by atoms with Crippen LogP contribution in [0.1, 0.15) is 42.0 Å². The summed E-state index contributed by atoms with van der Waals surface area (Å²) in [5.41, 5.74) is 3.80. The van der Waals surface area contributed by atoms with Crippen LogP contribution in [0, 0.1) is 12.8 Å². The highest BCUT2D eigenvalue weighted by atomic mass is 16.2. The van der Waals surface area contributed by atoms with Gasteiger partial charge in [-0.15, -0.1) is 0 Å². The predicted octanol–water partition coefficient (Wildman–Crippen LogP) is 4.10. The average molecular weight is 390 g/mol. The summed E-state index contributed by atoms with van der Waals surface area (Å²) in [6, 6.07) is 18.9. The Balaban J connectivity index is 1.63. The van der Waals surface area contributed by atoms with Crippen molar-refractivity contribution in [2.75, 3.05) is 5.32 Å². The zero-order valence-electron chi connectivity index (χ0n) is 17.0. The molecule has 3 rings (SSSR count). The van der Waals surface area contributed by atoms with E-state index in [1.54, 1.807) is 10.7 Å². The van der Waals surface area contributed by atoms with E-state index in [1.165, 1.54) is 0 Å². The standard InChI is InChI=1S/C23H26N4O2/c1-16(2)12-22(28)25-19-9-7-8-18(14-19)15-24-23(29)21-13-17(3)27(26-21)20-10-5-4-6-11-20/h4-11,13-14,16H,12,15H2,1-3H3,(H,24,29)(H,25,28). The first-order chi connectivity index (χ1) is 13.9. The van der Waals surface area contributed by atoms with Gasteiger partial charge in [-0.05, 0) is 48.7 Å². The molecule has 0 aliphatic carbocycles. The fourth-order valence-corrected chi connectivity index (χ4v) is 3.03. The van der Waals surface area contributed by atoms with Gasteiger partial charge in [-0.3, -0.25) is 9.59 Å². The molecule has 0 saturated carbocycles. The molecule has 0 fully saturated rings. The molecule has 1 aromatic heterocycles. The normalized spacial score (nSPS) is 10.8. The smallest absolute Gasteiger partial charge is 0.272 e. The lowest BCUT2D eigenvalue weighted by molar-refractivity contribution is -0.116. The van der Waals surface area contributed by atoms with Crippen LogP contribution in [-0.2, 0) is 11.3 Å². The number of para-hydroxylation sites is 1. The third-order valence-electron chi connectivity index (χ3n) is 4.38. The Bertz CT molecular complexity index is 993. The number of benzene rings is 2. The van der Waals surface area contributed by atoms with Gasteiger partial charge in [0.2, 0.25) is 5.91 Å². The van der Waals surface area contributed by atoms with Crippen LogP contribution in [0.25, 0.3) is 5.69 Å². The van der Waals surface area contributed by atoms with Crippen LogP contribution < -0.4 is 10.6 Å². The summed E-state index contributed by atoms with van der Waals surface area (Å²) < 4.78 is 1.75. The molecule has 6 heteroatoms. The summed E-state index contributed by atoms with van der Waals surface area (Å²) in [6.45, 7) is 6.28. The van der Waals surface area contributed by atoms with E-state index in [4.69, 9.17) is 0 Å². The van der Waals surface area contributed by atoms with Crippen molar-refractivity contribution in [3.05, 3.63) is 77.6 Å². The van der Waals surface area contributed by atoms with Gasteiger partial charge in [0.05, 0.1) is 5.69 Å². The van der Waals surface area contributed by atoms with Crippen LogP contribution in [0.5, 0.6) is 0 Å². The van der Waals surface area contributed by atoms with Crippen LogP contribution in [0.15, 0.2) is 60.7 Å². The van der Waals surface area contributed by atoms with E-state index in [0.717, 1.165) is 22.6 Å². The number of anilines is 1. The molecule has 3 aromatic rings. The second-order valence-electron chi connectivity index (χ2n) is 7.45. The third-order valence-corrected chi connectivity index (χ3v) is 4.38. The first-order valence-corrected chi connectivity index (χ1v) is 9.71. The van der Waals surface area contributed by atoms with Crippen molar-refractivity contribution in [3.63, 3.8) is 0 Å². The molecule has 6 nitrogen and oxygen atoms in total. The minimum atomic E-state index is -0.239. The molecular formula is C23H26N4O2. The fourth-order valence-electron chi connectivity index (χ4n) is 3.03. The molecule has 2 amide bonds. The molecule has 0 radical (unpaired) electrons. The molecule has 1 heterocycles.